The summed E-state index contributed by atoms with van der Waals surface area (Å²) in [6, 6.07) is 3.30. The molecule has 2 aromatic rings. The number of rotatable bonds is 4. The number of anilines is 1. The summed E-state index contributed by atoms with van der Waals surface area (Å²) in [5.74, 6) is 1.01. The average molecular weight is 354 g/mol. The van der Waals surface area contributed by atoms with E-state index in [4.69, 9.17) is 6.42 Å². The molecule has 108 valence electrons. The van der Waals surface area contributed by atoms with Gasteiger partial charge in [-0.1, -0.05) is 12.0 Å². The highest BCUT2D eigenvalue weighted by Gasteiger charge is 2.09. The van der Waals surface area contributed by atoms with Crippen LogP contribution in [0.25, 0.3) is 0 Å². The van der Waals surface area contributed by atoms with Crippen LogP contribution in [0.15, 0.2) is 33.7 Å². The Morgan fingerprint density at radius 3 is 2.86 bits per heavy atom. The van der Waals surface area contributed by atoms with Crippen molar-refractivity contribution in [2.24, 2.45) is 0 Å². The first kappa shape index (κ1) is 15.2. The number of terminal acetylenes is 1. The summed E-state index contributed by atoms with van der Waals surface area (Å²) < 4.78 is 27.7. The summed E-state index contributed by atoms with van der Waals surface area (Å²) in [5, 5.41) is 6.76. The maximum absolute atomic E-state index is 13.5. The van der Waals surface area contributed by atoms with Crippen LogP contribution < -0.4 is 10.9 Å². The molecule has 7 heteroatoms. The zero-order valence-electron chi connectivity index (χ0n) is 10.7. The molecule has 21 heavy (non-hydrogen) atoms. The largest absolute Gasteiger partial charge is 0.378 e. The standard InChI is InChI=1S/C14H10BrF2N3O/c1-2-5-20-14(21)13(15)12(8-19-20)18-7-9-3-4-10(16)6-11(9)17/h1,3-4,6,8,18H,5,7H2. The Balaban J connectivity index is 2.19. The molecule has 0 spiro atoms. The van der Waals surface area contributed by atoms with E-state index in [1.807, 2.05) is 0 Å². The molecule has 0 aliphatic rings. The first-order valence-corrected chi connectivity index (χ1v) is 6.69. The van der Waals surface area contributed by atoms with Crippen LogP contribution in [0.1, 0.15) is 5.56 Å². The van der Waals surface area contributed by atoms with Crippen LogP contribution in [0.5, 0.6) is 0 Å². The lowest BCUT2D eigenvalue weighted by molar-refractivity contribution is 0.574. The monoisotopic (exact) mass is 353 g/mol. The molecule has 0 unspecified atom stereocenters. The Bertz CT molecular complexity index is 768. The van der Waals surface area contributed by atoms with E-state index in [0.29, 0.717) is 5.69 Å². The third kappa shape index (κ3) is 3.47. The number of aromatic nitrogens is 2. The molecule has 0 saturated heterocycles. The van der Waals surface area contributed by atoms with E-state index in [1.54, 1.807) is 0 Å². The molecule has 0 radical (unpaired) electrons. The van der Waals surface area contributed by atoms with Crippen molar-refractivity contribution in [2.75, 3.05) is 5.32 Å². The van der Waals surface area contributed by atoms with Crippen LogP contribution in [-0.4, -0.2) is 9.78 Å². The average Bonchev–Trinajstić information content (AvgIpc) is 2.45. The Morgan fingerprint density at radius 2 is 2.19 bits per heavy atom. The van der Waals surface area contributed by atoms with Gasteiger partial charge in [0.2, 0.25) is 0 Å². The maximum Gasteiger partial charge on any atom is 0.284 e. The molecule has 0 fully saturated rings. The van der Waals surface area contributed by atoms with Gasteiger partial charge in [0.05, 0.1) is 11.9 Å². The smallest absolute Gasteiger partial charge is 0.284 e. The minimum absolute atomic E-state index is 0.0598. The molecular weight excluding hydrogens is 344 g/mol. The first-order chi connectivity index (χ1) is 10.0. The molecule has 1 aromatic carbocycles. The summed E-state index contributed by atoms with van der Waals surface area (Å²) in [6.07, 6.45) is 6.54. The van der Waals surface area contributed by atoms with E-state index in [0.717, 1.165) is 16.8 Å². The minimum Gasteiger partial charge on any atom is -0.378 e. The van der Waals surface area contributed by atoms with E-state index < -0.39 is 17.2 Å². The predicted octanol–water partition coefficient (Wildman–Crippen LogP) is 2.53. The number of hydrogen-bond acceptors (Lipinski definition) is 3. The third-order valence-electron chi connectivity index (χ3n) is 2.71. The summed E-state index contributed by atoms with van der Waals surface area (Å²) in [7, 11) is 0. The summed E-state index contributed by atoms with van der Waals surface area (Å²) in [5.41, 5.74) is 0.283. The highest BCUT2D eigenvalue weighted by molar-refractivity contribution is 9.10. The quantitative estimate of drug-likeness (QED) is 0.859. The Hall–Kier alpha value is -2.20. The molecule has 0 atom stereocenters. The molecule has 1 aromatic heterocycles. The van der Waals surface area contributed by atoms with Gasteiger partial charge in [-0.05, 0) is 22.0 Å². The number of nitrogens with one attached hydrogen (secondary N) is 1. The van der Waals surface area contributed by atoms with Gasteiger partial charge >= 0.3 is 0 Å². The van der Waals surface area contributed by atoms with Crippen LogP contribution >= 0.6 is 15.9 Å². The van der Waals surface area contributed by atoms with Crippen molar-refractivity contribution in [1.29, 1.82) is 0 Å². The molecular formula is C14H10BrF2N3O. The van der Waals surface area contributed by atoms with Gasteiger partial charge in [-0.15, -0.1) is 6.42 Å². The lowest BCUT2D eigenvalue weighted by atomic mass is 10.2. The van der Waals surface area contributed by atoms with Gasteiger partial charge in [0.25, 0.3) is 5.56 Å². The maximum atomic E-state index is 13.5. The summed E-state index contributed by atoms with van der Waals surface area (Å²) in [4.78, 5) is 11.9. The zero-order chi connectivity index (χ0) is 15.4. The zero-order valence-corrected chi connectivity index (χ0v) is 12.3. The van der Waals surface area contributed by atoms with E-state index in [2.05, 4.69) is 32.3 Å². The fraction of sp³-hybridized carbons (Fsp3) is 0.143. The molecule has 0 amide bonds. The van der Waals surface area contributed by atoms with Gasteiger partial charge in [0, 0.05) is 18.2 Å². The van der Waals surface area contributed by atoms with Crippen LogP contribution in [-0.2, 0) is 13.1 Å². The Labute approximate surface area is 127 Å². The van der Waals surface area contributed by atoms with Gasteiger partial charge in [0.15, 0.2) is 0 Å². The topological polar surface area (TPSA) is 46.9 Å². The predicted molar refractivity (Wildman–Crippen MR) is 78.7 cm³/mol. The van der Waals surface area contributed by atoms with Gasteiger partial charge in [-0.25, -0.2) is 13.5 Å². The third-order valence-corrected chi connectivity index (χ3v) is 3.48. The van der Waals surface area contributed by atoms with E-state index in [-0.39, 0.29) is 23.1 Å². The van der Waals surface area contributed by atoms with Gasteiger partial charge in [-0.3, -0.25) is 4.79 Å². The second kappa shape index (κ2) is 6.50. The number of nitrogens with zero attached hydrogens (tertiary/aromatic N) is 2. The fourth-order valence-electron chi connectivity index (χ4n) is 1.64. The second-order valence-corrected chi connectivity index (χ2v) is 4.92. The molecule has 0 saturated carbocycles. The normalized spacial score (nSPS) is 10.2. The van der Waals surface area contributed by atoms with Crippen LogP contribution in [0, 0.1) is 24.0 Å². The van der Waals surface area contributed by atoms with Crippen LogP contribution in [0.2, 0.25) is 0 Å². The molecule has 2 rings (SSSR count). The lowest BCUT2D eigenvalue weighted by Gasteiger charge is -2.10. The number of hydrogen-bond donors (Lipinski definition) is 1. The highest BCUT2D eigenvalue weighted by atomic mass is 79.9. The summed E-state index contributed by atoms with van der Waals surface area (Å²) >= 11 is 3.15. The summed E-state index contributed by atoms with van der Waals surface area (Å²) in [6.45, 7) is 0.148. The molecule has 1 heterocycles. The SMILES string of the molecule is C#CCn1ncc(NCc2ccc(F)cc2F)c(Br)c1=O. The number of halogens is 3. The van der Waals surface area contributed by atoms with Crippen LogP contribution in [0.3, 0.4) is 0 Å². The van der Waals surface area contributed by atoms with Crippen molar-refractivity contribution in [1.82, 2.24) is 9.78 Å². The molecule has 0 aliphatic heterocycles. The lowest BCUT2D eigenvalue weighted by Crippen LogP contribution is -2.24. The van der Waals surface area contributed by atoms with Gasteiger partial charge in [0.1, 0.15) is 22.7 Å². The second-order valence-electron chi connectivity index (χ2n) is 4.13. The molecule has 1 N–H and O–H groups in total. The van der Waals surface area contributed by atoms with Crippen molar-refractivity contribution in [3.8, 4) is 12.3 Å². The molecule has 0 aliphatic carbocycles. The van der Waals surface area contributed by atoms with Gasteiger partial charge in [-0.2, -0.15) is 5.10 Å². The number of benzene rings is 1. The van der Waals surface area contributed by atoms with Crippen molar-refractivity contribution >= 4 is 21.6 Å². The van der Waals surface area contributed by atoms with Crippen molar-refractivity contribution in [3.05, 3.63) is 56.4 Å². The van der Waals surface area contributed by atoms with Crippen molar-refractivity contribution in [2.45, 2.75) is 13.1 Å². The molecule has 4 nitrogen and oxygen atoms in total. The van der Waals surface area contributed by atoms with Crippen molar-refractivity contribution in [3.63, 3.8) is 0 Å². The Morgan fingerprint density at radius 1 is 1.43 bits per heavy atom. The van der Waals surface area contributed by atoms with Crippen LogP contribution in [0.4, 0.5) is 14.5 Å². The molecule has 0 bridgehead atoms. The van der Waals surface area contributed by atoms with E-state index in [9.17, 15) is 13.6 Å². The first-order valence-electron chi connectivity index (χ1n) is 5.90. The minimum atomic E-state index is -0.660. The fourth-order valence-corrected chi connectivity index (χ4v) is 2.09. The van der Waals surface area contributed by atoms with Gasteiger partial charge < -0.3 is 5.32 Å². The van der Waals surface area contributed by atoms with E-state index >= 15 is 0 Å². The van der Waals surface area contributed by atoms with E-state index in [1.165, 1.54) is 12.3 Å². The Kier molecular flexibility index (Phi) is 4.70. The van der Waals surface area contributed by atoms with Crippen molar-refractivity contribution < 1.29 is 8.78 Å². The highest BCUT2D eigenvalue weighted by Crippen LogP contribution is 2.18.